The molecule has 0 aromatic heterocycles. The summed E-state index contributed by atoms with van der Waals surface area (Å²) in [5.74, 6) is -1.25. The van der Waals surface area contributed by atoms with Crippen LogP contribution in [0.25, 0.3) is 0 Å². The molecule has 3 aliphatic rings. The Hall–Kier alpha value is -3.11. The SMILES string of the molecule is COc1ccc2c3c1O[C@H]1C(OC(=O)CCC(=O)NC(C(=O)O)C(C)C)=CC[C@@](O)(C(N(C)C)C2)C31C. The van der Waals surface area contributed by atoms with Gasteiger partial charge in [-0.15, -0.1) is 0 Å². The highest BCUT2D eigenvalue weighted by molar-refractivity contribution is 5.86. The van der Waals surface area contributed by atoms with Gasteiger partial charge in [0.1, 0.15) is 11.8 Å². The van der Waals surface area contributed by atoms with Crippen molar-refractivity contribution in [1.82, 2.24) is 10.2 Å². The minimum atomic E-state index is -1.19. The molecule has 1 aromatic rings. The number of esters is 1. The van der Waals surface area contributed by atoms with E-state index in [0.29, 0.717) is 17.9 Å². The fraction of sp³-hybridized carbons (Fsp3) is 0.593. The molecule has 10 heteroatoms. The summed E-state index contributed by atoms with van der Waals surface area (Å²) >= 11 is 0. The first-order chi connectivity index (χ1) is 17.3. The number of amides is 1. The lowest BCUT2D eigenvalue weighted by molar-refractivity contribution is -0.150. The van der Waals surface area contributed by atoms with Gasteiger partial charge < -0.3 is 34.6 Å². The van der Waals surface area contributed by atoms with Crippen molar-refractivity contribution < 1.29 is 38.8 Å². The molecule has 0 radical (unpaired) electrons. The third kappa shape index (κ3) is 4.25. The number of carbonyl (C=O) groups is 3. The second-order valence-corrected chi connectivity index (χ2v) is 10.9. The van der Waals surface area contributed by atoms with E-state index in [4.69, 9.17) is 14.2 Å². The Balaban J connectivity index is 1.56. The number of methoxy groups -OCH3 is 1. The number of nitrogens with one attached hydrogen (secondary N) is 1. The van der Waals surface area contributed by atoms with Gasteiger partial charge in [-0.1, -0.05) is 19.9 Å². The van der Waals surface area contributed by atoms with Gasteiger partial charge in [-0.25, -0.2) is 4.79 Å². The first kappa shape index (κ1) is 26.9. The Morgan fingerprint density at radius 3 is 2.54 bits per heavy atom. The van der Waals surface area contributed by atoms with Crippen LogP contribution in [-0.4, -0.2) is 78.0 Å². The van der Waals surface area contributed by atoms with Crippen LogP contribution in [0, 0.1) is 5.92 Å². The number of ether oxygens (including phenoxy) is 3. The molecular weight excluding hydrogens is 480 g/mol. The molecule has 5 atom stereocenters. The molecule has 3 N–H and O–H groups in total. The van der Waals surface area contributed by atoms with E-state index < -0.39 is 41.0 Å². The normalized spacial score (nSPS) is 28.2. The average Bonchev–Trinajstić information content (AvgIpc) is 3.16. The summed E-state index contributed by atoms with van der Waals surface area (Å²) in [6.45, 7) is 5.32. The summed E-state index contributed by atoms with van der Waals surface area (Å²) in [6.07, 6.45) is 1.37. The largest absolute Gasteiger partial charge is 0.493 e. The van der Waals surface area contributed by atoms with Gasteiger partial charge in [0, 0.05) is 24.4 Å². The van der Waals surface area contributed by atoms with E-state index in [9.17, 15) is 24.6 Å². The second-order valence-electron chi connectivity index (χ2n) is 10.9. The van der Waals surface area contributed by atoms with Gasteiger partial charge in [-0.05, 0) is 51.1 Å². The molecule has 1 aliphatic heterocycles. The van der Waals surface area contributed by atoms with Gasteiger partial charge in [-0.3, -0.25) is 9.59 Å². The standard InChI is InChI=1S/C27H36N2O8/c1-14(2)22(25(32)33)28-19(30)9-10-20(31)36-17-11-12-27(34)18(29(4)5)13-15-7-8-16(35-6)23-21(15)26(27,3)24(17)37-23/h7-8,11,14,18,22,24,34H,9-10,12-13H2,1-6H3,(H,28,30)(H,32,33)/t18?,22?,24-,26?,27+/m0/s1. The van der Waals surface area contributed by atoms with E-state index in [0.717, 1.165) is 11.1 Å². The van der Waals surface area contributed by atoms with Gasteiger partial charge >= 0.3 is 11.9 Å². The molecule has 0 fully saturated rings. The maximum absolute atomic E-state index is 12.8. The van der Waals surface area contributed by atoms with E-state index in [1.54, 1.807) is 27.0 Å². The van der Waals surface area contributed by atoms with Gasteiger partial charge in [-0.2, -0.15) is 0 Å². The van der Waals surface area contributed by atoms with Crippen molar-refractivity contribution in [2.75, 3.05) is 21.2 Å². The Bertz CT molecular complexity index is 1150. The number of benzene rings is 1. The van der Waals surface area contributed by atoms with Crippen LogP contribution in [0.2, 0.25) is 0 Å². The number of carbonyl (C=O) groups excluding carboxylic acids is 2. The van der Waals surface area contributed by atoms with E-state index in [2.05, 4.69) is 5.32 Å². The molecule has 0 saturated heterocycles. The summed E-state index contributed by atoms with van der Waals surface area (Å²) < 4.78 is 17.6. The highest BCUT2D eigenvalue weighted by Gasteiger charge is 2.68. The van der Waals surface area contributed by atoms with Crippen LogP contribution in [-0.2, 0) is 31.0 Å². The second kappa shape index (κ2) is 9.64. The van der Waals surface area contributed by atoms with Crippen LogP contribution in [0.1, 0.15) is 51.2 Å². The number of carboxylic acid groups (broad SMARTS) is 1. The number of carboxylic acids is 1. The zero-order valence-electron chi connectivity index (χ0n) is 22.2. The lowest BCUT2D eigenvalue weighted by Gasteiger charge is -2.56. The van der Waals surface area contributed by atoms with Crippen molar-refractivity contribution in [3.63, 3.8) is 0 Å². The summed E-state index contributed by atoms with van der Waals surface area (Å²) in [6, 6.07) is 2.61. The van der Waals surface area contributed by atoms with Gasteiger partial charge in [0.25, 0.3) is 0 Å². The molecule has 37 heavy (non-hydrogen) atoms. The third-order valence-electron chi connectivity index (χ3n) is 8.10. The van der Waals surface area contributed by atoms with Crippen LogP contribution < -0.4 is 14.8 Å². The minimum absolute atomic E-state index is 0.198. The lowest BCUT2D eigenvalue weighted by Crippen LogP contribution is -2.69. The summed E-state index contributed by atoms with van der Waals surface area (Å²) in [5.41, 5.74) is -0.185. The zero-order valence-corrected chi connectivity index (χ0v) is 22.2. The van der Waals surface area contributed by atoms with Gasteiger partial charge in [0.05, 0.1) is 24.5 Å². The predicted octanol–water partition coefficient (Wildman–Crippen LogP) is 1.77. The Labute approximate surface area is 216 Å². The lowest BCUT2D eigenvalue weighted by atomic mass is 9.54. The molecule has 2 aliphatic carbocycles. The summed E-state index contributed by atoms with van der Waals surface area (Å²) in [4.78, 5) is 38.4. The molecule has 0 spiro atoms. The molecular formula is C27H36N2O8. The number of likely N-dealkylation sites (N-methyl/N-ethyl adjacent to an activating group) is 1. The van der Waals surface area contributed by atoms with Crippen LogP contribution in [0.3, 0.4) is 0 Å². The quantitative estimate of drug-likeness (QED) is 0.420. The summed E-state index contributed by atoms with van der Waals surface area (Å²) in [7, 11) is 5.43. The first-order valence-electron chi connectivity index (χ1n) is 12.5. The molecule has 0 saturated carbocycles. The van der Waals surface area contributed by atoms with E-state index in [1.165, 1.54) is 0 Å². The molecule has 0 bridgehead atoms. The van der Waals surface area contributed by atoms with Crippen LogP contribution in [0.15, 0.2) is 24.0 Å². The van der Waals surface area contributed by atoms with E-state index >= 15 is 0 Å². The van der Waals surface area contributed by atoms with Crippen LogP contribution in [0.4, 0.5) is 0 Å². The van der Waals surface area contributed by atoms with Crippen molar-refractivity contribution in [3.05, 3.63) is 35.1 Å². The number of hydrogen-bond donors (Lipinski definition) is 3. The average molecular weight is 517 g/mol. The molecule has 3 unspecified atom stereocenters. The fourth-order valence-corrected chi connectivity index (χ4v) is 6.07. The Kier molecular flexibility index (Phi) is 7.02. The van der Waals surface area contributed by atoms with Crippen LogP contribution in [0.5, 0.6) is 11.5 Å². The van der Waals surface area contributed by atoms with E-state index in [-0.39, 0.29) is 37.0 Å². The monoisotopic (exact) mass is 516 g/mol. The maximum Gasteiger partial charge on any atom is 0.326 e. The molecule has 4 rings (SSSR count). The van der Waals surface area contributed by atoms with Crippen molar-refractivity contribution in [2.24, 2.45) is 5.92 Å². The zero-order chi connectivity index (χ0) is 27.3. The van der Waals surface area contributed by atoms with Crippen molar-refractivity contribution in [2.45, 2.75) is 75.7 Å². The van der Waals surface area contributed by atoms with Crippen molar-refractivity contribution >= 4 is 17.8 Å². The molecule has 1 aromatic carbocycles. The number of nitrogens with zero attached hydrogens (tertiary/aromatic N) is 1. The number of hydrogen-bond acceptors (Lipinski definition) is 8. The van der Waals surface area contributed by atoms with Gasteiger partial charge in [0.2, 0.25) is 5.91 Å². The highest BCUT2D eigenvalue weighted by atomic mass is 16.6. The number of aliphatic hydroxyl groups is 1. The predicted molar refractivity (Wildman–Crippen MR) is 133 cm³/mol. The minimum Gasteiger partial charge on any atom is -0.493 e. The number of rotatable bonds is 9. The Morgan fingerprint density at radius 2 is 1.95 bits per heavy atom. The molecule has 10 nitrogen and oxygen atoms in total. The topological polar surface area (TPSA) is 135 Å². The first-order valence-corrected chi connectivity index (χ1v) is 12.5. The maximum atomic E-state index is 12.8. The molecule has 202 valence electrons. The fourth-order valence-electron chi connectivity index (χ4n) is 6.07. The molecule has 1 amide bonds. The smallest absolute Gasteiger partial charge is 0.326 e. The summed E-state index contributed by atoms with van der Waals surface area (Å²) in [5, 5.41) is 23.9. The van der Waals surface area contributed by atoms with E-state index in [1.807, 2.05) is 38.1 Å². The van der Waals surface area contributed by atoms with Crippen molar-refractivity contribution in [1.29, 1.82) is 0 Å². The van der Waals surface area contributed by atoms with Crippen LogP contribution >= 0.6 is 0 Å². The number of aliphatic carboxylic acids is 1. The third-order valence-corrected chi connectivity index (χ3v) is 8.10. The van der Waals surface area contributed by atoms with Gasteiger partial charge in [0.15, 0.2) is 17.6 Å². The highest BCUT2D eigenvalue weighted by Crippen LogP contribution is 2.62. The molecule has 1 heterocycles. The van der Waals surface area contributed by atoms with Crippen molar-refractivity contribution in [3.8, 4) is 11.5 Å². The Morgan fingerprint density at radius 1 is 1.24 bits per heavy atom.